The van der Waals surface area contributed by atoms with E-state index in [2.05, 4.69) is 38.2 Å². The third-order valence-electron chi connectivity index (χ3n) is 4.12. The largest absolute Gasteiger partial charge is 0.450 e. The van der Waals surface area contributed by atoms with Gasteiger partial charge in [0.05, 0.1) is 6.61 Å². The average molecular weight is 330 g/mol. The van der Waals surface area contributed by atoms with Crippen LogP contribution in [0.3, 0.4) is 0 Å². The summed E-state index contributed by atoms with van der Waals surface area (Å²) in [6.45, 7) is 8.24. The van der Waals surface area contributed by atoms with Gasteiger partial charge in [-0.25, -0.2) is 10.6 Å². The summed E-state index contributed by atoms with van der Waals surface area (Å²) in [5, 5.41) is 3.97. The number of ether oxygens (including phenoxy) is 1. The zero-order valence-corrected chi connectivity index (χ0v) is 14.7. The summed E-state index contributed by atoms with van der Waals surface area (Å²) in [7, 11) is 0. The van der Waals surface area contributed by atoms with Crippen LogP contribution < -0.4 is 16.9 Å². The second-order valence-electron chi connectivity index (χ2n) is 6.11. The number of nitrogens with zero attached hydrogens (tertiary/aromatic N) is 1. The van der Waals surface area contributed by atoms with E-state index >= 15 is 0 Å². The summed E-state index contributed by atoms with van der Waals surface area (Å²) in [6.07, 6.45) is 5.34. The Morgan fingerprint density at radius 1 is 1.29 bits per heavy atom. The number of aryl methyl sites for hydroxylation is 3. The molecular weight excluding hydrogens is 304 g/mol. The molecule has 1 aromatic carbocycles. The van der Waals surface area contributed by atoms with Crippen molar-refractivity contribution in [3.63, 3.8) is 0 Å². The molecule has 1 aromatic rings. The Labute approximate surface area is 143 Å². The van der Waals surface area contributed by atoms with E-state index in [9.17, 15) is 4.79 Å². The second kappa shape index (κ2) is 7.07. The van der Waals surface area contributed by atoms with Gasteiger partial charge in [0.2, 0.25) is 5.79 Å². The van der Waals surface area contributed by atoms with Crippen LogP contribution in [0.5, 0.6) is 0 Å². The molecule has 1 aliphatic heterocycles. The summed E-state index contributed by atoms with van der Waals surface area (Å²) >= 11 is 0. The summed E-state index contributed by atoms with van der Waals surface area (Å²) < 4.78 is 4.90. The number of hydrogen-bond acceptors (Lipinski definition) is 5. The van der Waals surface area contributed by atoms with Crippen LogP contribution in [-0.4, -0.2) is 23.5 Å². The third-order valence-corrected chi connectivity index (χ3v) is 4.12. The molecule has 6 heteroatoms. The van der Waals surface area contributed by atoms with Crippen molar-refractivity contribution in [2.24, 2.45) is 11.6 Å². The molecule has 5 N–H and O–H groups in total. The lowest BCUT2D eigenvalue weighted by molar-refractivity contribution is 0.101. The summed E-state index contributed by atoms with van der Waals surface area (Å²) in [5.41, 5.74) is 11.9. The fraction of sp³-hybridized carbons (Fsp3) is 0.389. The molecule has 0 radical (unpaired) electrons. The van der Waals surface area contributed by atoms with E-state index in [1.165, 1.54) is 27.3 Å². The molecule has 6 nitrogen and oxygen atoms in total. The van der Waals surface area contributed by atoms with E-state index < -0.39 is 11.9 Å². The van der Waals surface area contributed by atoms with Crippen LogP contribution >= 0.6 is 0 Å². The Hall–Kier alpha value is -2.31. The molecule has 0 saturated carbocycles. The van der Waals surface area contributed by atoms with Crippen molar-refractivity contribution in [2.75, 3.05) is 6.61 Å². The molecule has 1 heterocycles. The molecule has 0 spiro atoms. The van der Waals surface area contributed by atoms with E-state index in [0.717, 1.165) is 5.70 Å². The summed E-state index contributed by atoms with van der Waals surface area (Å²) in [4.78, 5) is 11.7. The quantitative estimate of drug-likeness (QED) is 0.581. The maximum Gasteiger partial charge on any atom is 0.410 e. The van der Waals surface area contributed by atoms with Crippen molar-refractivity contribution in [1.82, 2.24) is 10.3 Å². The molecule has 0 bridgehead atoms. The lowest BCUT2D eigenvalue weighted by Gasteiger charge is -2.40. The van der Waals surface area contributed by atoms with Gasteiger partial charge in [0.1, 0.15) is 0 Å². The number of hydrazine groups is 1. The first-order valence-corrected chi connectivity index (χ1v) is 8.00. The van der Waals surface area contributed by atoms with Gasteiger partial charge in [0.15, 0.2) is 0 Å². The third kappa shape index (κ3) is 3.77. The van der Waals surface area contributed by atoms with Gasteiger partial charge in [-0.05, 0) is 56.5 Å². The van der Waals surface area contributed by atoms with Crippen molar-refractivity contribution in [3.05, 3.63) is 58.3 Å². The first kappa shape index (κ1) is 18.0. The SMILES string of the molecule is CCOC(=O)NC1(N)C=CC=C(Cc2c(C)cc(C)cc2C)N1N. The topological polar surface area (TPSA) is 93.6 Å². The van der Waals surface area contributed by atoms with Crippen LogP contribution in [0.1, 0.15) is 29.2 Å². The lowest BCUT2D eigenvalue weighted by atomic mass is 9.95. The Kier molecular flexibility index (Phi) is 5.31. The van der Waals surface area contributed by atoms with Gasteiger partial charge in [-0.15, -0.1) is 0 Å². The van der Waals surface area contributed by atoms with Gasteiger partial charge in [-0.3, -0.25) is 16.1 Å². The van der Waals surface area contributed by atoms with Gasteiger partial charge in [0.25, 0.3) is 0 Å². The number of hydrogen-bond donors (Lipinski definition) is 3. The number of benzene rings is 1. The number of alkyl carbamates (subject to hydrolysis) is 1. The van der Waals surface area contributed by atoms with E-state index in [1.54, 1.807) is 19.1 Å². The van der Waals surface area contributed by atoms with E-state index in [4.69, 9.17) is 16.3 Å². The number of allylic oxidation sites excluding steroid dienone is 3. The molecule has 1 aliphatic rings. The molecule has 1 unspecified atom stereocenters. The normalized spacial score (nSPS) is 19.9. The maximum atomic E-state index is 11.7. The van der Waals surface area contributed by atoms with Gasteiger partial charge in [0, 0.05) is 12.1 Å². The molecule has 1 amide bonds. The van der Waals surface area contributed by atoms with Crippen LogP contribution in [0, 0.1) is 20.8 Å². The Balaban J connectivity index is 2.22. The molecular formula is C18H26N4O2. The number of amides is 1. The first-order chi connectivity index (χ1) is 11.3. The van der Waals surface area contributed by atoms with Crippen LogP contribution in [0.15, 0.2) is 36.1 Å². The standard InChI is InChI=1S/C18H26N4O2/c1-5-24-17(23)21-18(19)8-6-7-15(22(18)20)11-16-13(3)9-12(2)10-14(16)4/h6-10H,5,11,19-20H2,1-4H3,(H,21,23). The Bertz CT molecular complexity index is 673. The minimum absolute atomic E-state index is 0.265. The predicted octanol–water partition coefficient (Wildman–Crippen LogP) is 2.14. The van der Waals surface area contributed by atoms with Crippen molar-refractivity contribution >= 4 is 6.09 Å². The van der Waals surface area contributed by atoms with Crippen molar-refractivity contribution in [1.29, 1.82) is 0 Å². The van der Waals surface area contributed by atoms with Gasteiger partial charge in [-0.1, -0.05) is 23.8 Å². The zero-order chi connectivity index (χ0) is 17.9. The fourth-order valence-corrected chi connectivity index (χ4v) is 2.95. The van der Waals surface area contributed by atoms with Crippen molar-refractivity contribution in [2.45, 2.75) is 39.9 Å². The highest BCUT2D eigenvalue weighted by molar-refractivity contribution is 5.68. The second-order valence-corrected chi connectivity index (χ2v) is 6.11. The van der Waals surface area contributed by atoms with Crippen molar-refractivity contribution < 1.29 is 9.53 Å². The van der Waals surface area contributed by atoms with Crippen LogP contribution in [0.25, 0.3) is 0 Å². The van der Waals surface area contributed by atoms with Gasteiger partial charge in [-0.2, -0.15) is 0 Å². The highest BCUT2D eigenvalue weighted by Gasteiger charge is 2.34. The molecule has 1 atom stereocenters. The maximum absolute atomic E-state index is 11.7. The highest BCUT2D eigenvalue weighted by Crippen LogP contribution is 2.24. The Morgan fingerprint density at radius 2 is 1.92 bits per heavy atom. The number of nitrogens with one attached hydrogen (secondary N) is 1. The van der Waals surface area contributed by atoms with E-state index in [1.807, 2.05) is 6.08 Å². The molecule has 24 heavy (non-hydrogen) atoms. The molecule has 2 rings (SSSR count). The number of nitrogens with two attached hydrogens (primary N) is 2. The Morgan fingerprint density at radius 3 is 2.50 bits per heavy atom. The van der Waals surface area contributed by atoms with Crippen LogP contribution in [0.2, 0.25) is 0 Å². The minimum Gasteiger partial charge on any atom is -0.450 e. The molecule has 0 aromatic heterocycles. The molecule has 0 fully saturated rings. The fourth-order valence-electron chi connectivity index (χ4n) is 2.95. The summed E-state index contributed by atoms with van der Waals surface area (Å²) in [5.74, 6) is 4.88. The monoisotopic (exact) mass is 330 g/mol. The highest BCUT2D eigenvalue weighted by atomic mass is 16.5. The lowest BCUT2D eigenvalue weighted by Crippen LogP contribution is -2.68. The minimum atomic E-state index is -1.32. The average Bonchev–Trinajstić information content (AvgIpc) is 2.47. The molecule has 0 saturated heterocycles. The smallest absolute Gasteiger partial charge is 0.410 e. The summed E-state index contributed by atoms with van der Waals surface area (Å²) in [6, 6.07) is 4.30. The zero-order valence-electron chi connectivity index (χ0n) is 14.7. The van der Waals surface area contributed by atoms with Crippen molar-refractivity contribution in [3.8, 4) is 0 Å². The van der Waals surface area contributed by atoms with Crippen LogP contribution in [-0.2, 0) is 11.2 Å². The first-order valence-electron chi connectivity index (χ1n) is 8.00. The number of rotatable bonds is 4. The predicted molar refractivity (Wildman–Crippen MR) is 94.7 cm³/mol. The molecule has 130 valence electrons. The van der Waals surface area contributed by atoms with Gasteiger partial charge >= 0.3 is 6.09 Å². The number of carbonyl (C=O) groups is 1. The van der Waals surface area contributed by atoms with E-state index in [0.29, 0.717) is 6.42 Å². The molecule has 0 aliphatic carbocycles. The van der Waals surface area contributed by atoms with E-state index in [-0.39, 0.29) is 6.61 Å². The van der Waals surface area contributed by atoms with Crippen LogP contribution in [0.4, 0.5) is 4.79 Å². The van der Waals surface area contributed by atoms with Gasteiger partial charge < -0.3 is 4.74 Å². The number of carbonyl (C=O) groups excluding carboxylic acids is 1.